The number of nitrogens with zero attached hydrogens (tertiary/aromatic N) is 6. The van der Waals surface area contributed by atoms with E-state index >= 15 is 0 Å². The van der Waals surface area contributed by atoms with Crippen molar-refractivity contribution >= 4 is 17.3 Å². The highest BCUT2D eigenvalue weighted by Gasteiger charge is 2.29. The van der Waals surface area contributed by atoms with Gasteiger partial charge in [-0.2, -0.15) is 0 Å². The van der Waals surface area contributed by atoms with Gasteiger partial charge in [0.25, 0.3) is 5.91 Å². The van der Waals surface area contributed by atoms with E-state index in [1.54, 1.807) is 0 Å². The summed E-state index contributed by atoms with van der Waals surface area (Å²) in [5.74, 6) is 0.543. The van der Waals surface area contributed by atoms with Crippen molar-refractivity contribution in [3.05, 3.63) is 48.0 Å². The van der Waals surface area contributed by atoms with Crippen LogP contribution in [0.5, 0.6) is 0 Å². The topological polar surface area (TPSA) is 97.4 Å². The standard InChI is InChI=1S/C20H25N7O2/c1-14-7-18-4-3-16(10-26(18)9-14)20(29)21-8-17-11-25(6-5-15(17)2)19(28)12-27-13-22-23-24-27/h3-4,7,9-10,13,15,17H,5-6,8,11-12H2,1-2H3,(H,21,29). The van der Waals surface area contributed by atoms with E-state index in [9.17, 15) is 9.59 Å². The third-order valence-electron chi connectivity index (χ3n) is 5.67. The van der Waals surface area contributed by atoms with E-state index in [0.29, 0.717) is 24.6 Å². The average Bonchev–Trinajstić information content (AvgIpc) is 3.34. The predicted molar refractivity (Wildman–Crippen MR) is 106 cm³/mol. The summed E-state index contributed by atoms with van der Waals surface area (Å²) in [5, 5.41) is 13.9. The molecule has 2 unspecified atom stereocenters. The van der Waals surface area contributed by atoms with Gasteiger partial charge in [-0.05, 0) is 59.4 Å². The molecule has 0 spiro atoms. The molecule has 1 fully saturated rings. The summed E-state index contributed by atoms with van der Waals surface area (Å²) in [4.78, 5) is 27.0. The fraction of sp³-hybridized carbons (Fsp3) is 0.450. The Labute approximate surface area is 168 Å². The zero-order chi connectivity index (χ0) is 20.4. The number of fused-ring (bicyclic) bond motifs is 1. The van der Waals surface area contributed by atoms with Crippen LogP contribution in [0.4, 0.5) is 0 Å². The number of aryl methyl sites for hydroxylation is 1. The highest BCUT2D eigenvalue weighted by atomic mass is 16.2. The minimum absolute atomic E-state index is 0.00560. The minimum Gasteiger partial charge on any atom is -0.352 e. The van der Waals surface area contributed by atoms with Crippen molar-refractivity contribution in [1.82, 2.24) is 34.8 Å². The van der Waals surface area contributed by atoms with E-state index in [0.717, 1.165) is 24.0 Å². The molecule has 9 nitrogen and oxygen atoms in total. The van der Waals surface area contributed by atoms with Gasteiger partial charge in [-0.15, -0.1) is 5.10 Å². The van der Waals surface area contributed by atoms with Gasteiger partial charge in [0.15, 0.2) is 0 Å². The Kier molecular flexibility index (Phi) is 5.28. The zero-order valence-corrected chi connectivity index (χ0v) is 16.7. The third kappa shape index (κ3) is 4.28. The second-order valence-corrected chi connectivity index (χ2v) is 7.85. The van der Waals surface area contributed by atoms with E-state index in [1.165, 1.54) is 11.0 Å². The van der Waals surface area contributed by atoms with Crippen molar-refractivity contribution < 1.29 is 9.59 Å². The summed E-state index contributed by atoms with van der Waals surface area (Å²) in [5.41, 5.74) is 2.85. The van der Waals surface area contributed by atoms with Gasteiger partial charge in [0.05, 0.1) is 5.56 Å². The van der Waals surface area contributed by atoms with Gasteiger partial charge in [0, 0.05) is 37.5 Å². The molecular weight excluding hydrogens is 370 g/mol. The lowest BCUT2D eigenvalue weighted by atomic mass is 9.87. The second-order valence-electron chi connectivity index (χ2n) is 7.85. The van der Waals surface area contributed by atoms with Crippen molar-refractivity contribution in [1.29, 1.82) is 0 Å². The van der Waals surface area contributed by atoms with Crippen LogP contribution in [0.1, 0.15) is 29.3 Å². The fourth-order valence-electron chi connectivity index (χ4n) is 3.85. The highest BCUT2D eigenvalue weighted by Crippen LogP contribution is 2.23. The van der Waals surface area contributed by atoms with E-state index in [4.69, 9.17) is 0 Å². The molecule has 3 aromatic rings. The maximum atomic E-state index is 12.6. The molecule has 1 N–H and O–H groups in total. The summed E-state index contributed by atoms with van der Waals surface area (Å²) in [6.45, 7) is 6.22. The normalized spacial score (nSPS) is 19.4. The molecule has 9 heteroatoms. The fourth-order valence-corrected chi connectivity index (χ4v) is 3.85. The number of aromatic nitrogens is 5. The van der Waals surface area contributed by atoms with Crippen LogP contribution in [0.25, 0.3) is 5.52 Å². The number of carbonyl (C=O) groups is 2. The van der Waals surface area contributed by atoms with Crippen molar-refractivity contribution in [2.45, 2.75) is 26.8 Å². The first kappa shape index (κ1) is 19.1. The van der Waals surface area contributed by atoms with E-state index in [-0.39, 0.29) is 24.3 Å². The number of carbonyl (C=O) groups excluding carboxylic acids is 2. The van der Waals surface area contributed by atoms with Crippen LogP contribution in [0.3, 0.4) is 0 Å². The van der Waals surface area contributed by atoms with Gasteiger partial charge in [0.2, 0.25) is 5.91 Å². The molecule has 2 amide bonds. The number of rotatable bonds is 5. The maximum Gasteiger partial charge on any atom is 0.252 e. The van der Waals surface area contributed by atoms with Crippen molar-refractivity contribution in [3.8, 4) is 0 Å². The third-order valence-corrected chi connectivity index (χ3v) is 5.67. The Bertz CT molecular complexity index is 1010. The Balaban J connectivity index is 1.35. The summed E-state index contributed by atoms with van der Waals surface area (Å²) in [7, 11) is 0. The molecule has 152 valence electrons. The van der Waals surface area contributed by atoms with Gasteiger partial charge in [-0.3, -0.25) is 9.59 Å². The Morgan fingerprint density at radius 2 is 2.14 bits per heavy atom. The molecule has 1 saturated heterocycles. The summed E-state index contributed by atoms with van der Waals surface area (Å²) >= 11 is 0. The van der Waals surface area contributed by atoms with Crippen molar-refractivity contribution in [2.75, 3.05) is 19.6 Å². The quantitative estimate of drug-likeness (QED) is 0.699. The summed E-state index contributed by atoms with van der Waals surface area (Å²) in [6.07, 6.45) is 6.20. The molecule has 3 aromatic heterocycles. The first-order valence-electron chi connectivity index (χ1n) is 9.84. The van der Waals surface area contributed by atoms with Crippen LogP contribution in [0.2, 0.25) is 0 Å². The Morgan fingerprint density at radius 3 is 2.93 bits per heavy atom. The molecule has 4 heterocycles. The van der Waals surface area contributed by atoms with Crippen molar-refractivity contribution in [2.24, 2.45) is 11.8 Å². The number of likely N-dealkylation sites (tertiary alicyclic amines) is 1. The summed E-state index contributed by atoms with van der Waals surface area (Å²) < 4.78 is 3.39. The average molecular weight is 395 g/mol. The number of nitrogens with one attached hydrogen (secondary N) is 1. The predicted octanol–water partition coefficient (Wildman–Crippen LogP) is 1.15. The molecule has 0 saturated carbocycles. The molecule has 29 heavy (non-hydrogen) atoms. The maximum absolute atomic E-state index is 12.6. The molecule has 0 bridgehead atoms. The SMILES string of the molecule is Cc1cc2ccc(C(=O)NCC3CN(C(=O)Cn4cnnn4)CCC3C)cn2c1. The summed E-state index contributed by atoms with van der Waals surface area (Å²) in [6, 6.07) is 5.87. The number of pyridine rings is 1. The van der Waals surface area contributed by atoms with Gasteiger partial charge < -0.3 is 14.6 Å². The Hall–Kier alpha value is -3.23. The molecule has 2 atom stereocenters. The Morgan fingerprint density at radius 1 is 1.28 bits per heavy atom. The molecule has 4 rings (SSSR count). The number of amides is 2. The monoisotopic (exact) mass is 395 g/mol. The van der Waals surface area contributed by atoms with Crippen molar-refractivity contribution in [3.63, 3.8) is 0 Å². The largest absolute Gasteiger partial charge is 0.352 e. The van der Waals surface area contributed by atoms with Crippen LogP contribution < -0.4 is 5.32 Å². The lowest BCUT2D eigenvalue weighted by Gasteiger charge is -2.37. The molecule has 0 aromatic carbocycles. The van der Waals surface area contributed by atoms with Crippen LogP contribution in [0, 0.1) is 18.8 Å². The first-order valence-corrected chi connectivity index (χ1v) is 9.84. The number of tetrazole rings is 1. The number of hydrogen-bond acceptors (Lipinski definition) is 5. The van der Waals surface area contributed by atoms with E-state index in [2.05, 4.69) is 33.8 Å². The van der Waals surface area contributed by atoms with Gasteiger partial charge in [-0.25, -0.2) is 4.68 Å². The van der Waals surface area contributed by atoms with E-state index < -0.39 is 0 Å². The lowest BCUT2D eigenvalue weighted by Crippen LogP contribution is -2.47. The number of hydrogen-bond donors (Lipinski definition) is 1. The smallest absolute Gasteiger partial charge is 0.252 e. The van der Waals surface area contributed by atoms with Gasteiger partial charge >= 0.3 is 0 Å². The van der Waals surface area contributed by atoms with Gasteiger partial charge in [-0.1, -0.05) is 6.92 Å². The molecular formula is C20H25N7O2. The molecule has 0 radical (unpaired) electrons. The second kappa shape index (κ2) is 8.02. The van der Waals surface area contributed by atoms with E-state index in [1.807, 2.05) is 40.8 Å². The zero-order valence-electron chi connectivity index (χ0n) is 16.7. The van der Waals surface area contributed by atoms with Crippen LogP contribution in [-0.4, -0.2) is 61.0 Å². The van der Waals surface area contributed by atoms with Gasteiger partial charge in [0.1, 0.15) is 12.9 Å². The van der Waals surface area contributed by atoms with Crippen LogP contribution in [-0.2, 0) is 11.3 Å². The van der Waals surface area contributed by atoms with Crippen LogP contribution in [0.15, 0.2) is 36.9 Å². The first-order chi connectivity index (χ1) is 14.0. The highest BCUT2D eigenvalue weighted by molar-refractivity contribution is 5.94. The van der Waals surface area contributed by atoms with Crippen LogP contribution >= 0.6 is 0 Å². The molecule has 1 aliphatic heterocycles. The lowest BCUT2D eigenvalue weighted by molar-refractivity contribution is -0.134. The molecule has 0 aliphatic carbocycles. The molecule has 1 aliphatic rings. The number of piperidine rings is 1. The minimum atomic E-state index is -0.0948.